The third-order valence-electron chi connectivity index (χ3n) is 5.49. The standard InChI is InChI=1S/C21H19N3O2.C7H9NS.C2H6/c1-13(2)25-19-10-9-15(11-16(19)12-22)21-23-20(24-26-21)18-8-4-6-14-5-3-7-17(14)18;1-8-9-7-5-3-2-4-6-7;1-2/h4,6,8-11,13H,3,5,7H2,1-2H3;2-6,8H,1H3;1-2H3. The average molecular weight is 515 g/mol. The van der Waals surface area contributed by atoms with E-state index in [0.29, 0.717) is 28.6 Å². The number of benzene rings is 3. The number of nitrogens with zero attached hydrogens (tertiary/aromatic N) is 3. The predicted octanol–water partition coefficient (Wildman–Crippen LogP) is 7.49. The van der Waals surface area contributed by atoms with Crippen molar-refractivity contribution >= 4 is 11.9 Å². The Morgan fingerprint density at radius 1 is 1.03 bits per heavy atom. The summed E-state index contributed by atoms with van der Waals surface area (Å²) in [5.41, 5.74) is 4.89. The molecule has 4 aromatic rings. The van der Waals surface area contributed by atoms with Crippen LogP contribution in [0.2, 0.25) is 0 Å². The van der Waals surface area contributed by atoms with E-state index in [9.17, 15) is 5.26 Å². The summed E-state index contributed by atoms with van der Waals surface area (Å²) in [6.07, 6.45) is 3.33. The van der Waals surface area contributed by atoms with Crippen molar-refractivity contribution in [3.8, 4) is 34.7 Å². The Kier molecular flexibility index (Phi) is 10.8. The molecule has 1 aromatic heterocycles. The second-order valence-electron chi connectivity index (χ2n) is 8.33. The molecule has 3 aromatic carbocycles. The minimum atomic E-state index is 0.00290. The van der Waals surface area contributed by atoms with Crippen LogP contribution in [0, 0.1) is 11.3 Å². The van der Waals surface area contributed by atoms with Gasteiger partial charge in [0.25, 0.3) is 5.89 Å². The van der Waals surface area contributed by atoms with Crippen molar-refractivity contribution in [2.45, 2.75) is 58.0 Å². The van der Waals surface area contributed by atoms with Crippen LogP contribution in [0.15, 0.2) is 76.1 Å². The van der Waals surface area contributed by atoms with Gasteiger partial charge in [0.15, 0.2) is 0 Å². The smallest absolute Gasteiger partial charge is 0.258 e. The number of aryl methyl sites for hydroxylation is 1. The van der Waals surface area contributed by atoms with Gasteiger partial charge >= 0.3 is 0 Å². The van der Waals surface area contributed by atoms with Gasteiger partial charge in [-0.1, -0.05) is 55.4 Å². The predicted molar refractivity (Wildman–Crippen MR) is 150 cm³/mol. The fourth-order valence-corrected chi connectivity index (χ4v) is 4.52. The highest BCUT2D eigenvalue weighted by Gasteiger charge is 2.20. The van der Waals surface area contributed by atoms with E-state index in [1.165, 1.54) is 22.4 Å². The second-order valence-corrected chi connectivity index (χ2v) is 9.41. The highest BCUT2D eigenvalue weighted by molar-refractivity contribution is 7.97. The van der Waals surface area contributed by atoms with Crippen LogP contribution in [0.3, 0.4) is 0 Å². The molecule has 0 spiro atoms. The maximum absolute atomic E-state index is 9.40. The van der Waals surface area contributed by atoms with Crippen LogP contribution in [0.1, 0.15) is 50.8 Å². The van der Waals surface area contributed by atoms with Gasteiger partial charge in [-0.25, -0.2) is 0 Å². The summed E-state index contributed by atoms with van der Waals surface area (Å²) in [7, 11) is 1.91. The normalized spacial score (nSPS) is 11.5. The van der Waals surface area contributed by atoms with Crippen LogP contribution in [0.25, 0.3) is 22.8 Å². The summed E-state index contributed by atoms with van der Waals surface area (Å²) >= 11 is 1.63. The number of nitriles is 1. The molecule has 0 amide bonds. The van der Waals surface area contributed by atoms with Crippen LogP contribution < -0.4 is 9.46 Å². The molecule has 5 rings (SSSR count). The summed E-state index contributed by atoms with van der Waals surface area (Å²) in [5, 5.41) is 13.6. The monoisotopic (exact) mass is 514 g/mol. The largest absolute Gasteiger partial charge is 0.490 e. The maximum Gasteiger partial charge on any atom is 0.258 e. The molecule has 1 heterocycles. The summed E-state index contributed by atoms with van der Waals surface area (Å²) in [4.78, 5) is 5.82. The Labute approximate surface area is 224 Å². The summed E-state index contributed by atoms with van der Waals surface area (Å²) in [5.74, 6) is 1.56. The van der Waals surface area contributed by atoms with Crippen molar-refractivity contribution in [3.63, 3.8) is 0 Å². The van der Waals surface area contributed by atoms with Crippen molar-refractivity contribution in [1.82, 2.24) is 14.9 Å². The molecule has 0 atom stereocenters. The third-order valence-corrected chi connectivity index (χ3v) is 6.20. The topological polar surface area (TPSA) is 84.0 Å². The Balaban J connectivity index is 0.000000291. The average Bonchev–Trinajstić information content (AvgIpc) is 3.61. The second kappa shape index (κ2) is 14.2. The number of aromatic nitrogens is 2. The molecule has 0 fully saturated rings. The first kappa shape index (κ1) is 28.0. The number of fused-ring (bicyclic) bond motifs is 1. The van der Waals surface area contributed by atoms with Crippen LogP contribution in [-0.2, 0) is 12.8 Å². The highest BCUT2D eigenvalue weighted by atomic mass is 32.2. The van der Waals surface area contributed by atoms with Crippen LogP contribution >= 0.6 is 11.9 Å². The molecule has 192 valence electrons. The van der Waals surface area contributed by atoms with Crippen LogP contribution in [0.5, 0.6) is 5.75 Å². The van der Waals surface area contributed by atoms with Gasteiger partial charge in [0, 0.05) is 16.0 Å². The maximum atomic E-state index is 9.40. The molecule has 0 radical (unpaired) electrons. The van der Waals surface area contributed by atoms with Gasteiger partial charge in [-0.3, -0.25) is 4.72 Å². The number of hydrogen-bond acceptors (Lipinski definition) is 7. The molecule has 7 heteroatoms. The van der Waals surface area contributed by atoms with Crippen molar-refractivity contribution in [2.75, 3.05) is 7.05 Å². The molecule has 1 aliphatic carbocycles. The Morgan fingerprint density at radius 3 is 2.51 bits per heavy atom. The Hall–Kier alpha value is -3.60. The number of hydrogen-bond donors (Lipinski definition) is 1. The minimum absolute atomic E-state index is 0.00290. The van der Waals surface area contributed by atoms with Gasteiger partial charge in [0.2, 0.25) is 5.82 Å². The summed E-state index contributed by atoms with van der Waals surface area (Å²) < 4.78 is 14.1. The first-order chi connectivity index (χ1) is 18.1. The first-order valence-corrected chi connectivity index (χ1v) is 13.5. The molecule has 0 unspecified atom stereocenters. The molecular formula is C30H34N4O2S. The molecule has 1 N–H and O–H groups in total. The van der Waals surface area contributed by atoms with Crippen LogP contribution in [0.4, 0.5) is 0 Å². The lowest BCUT2D eigenvalue weighted by Crippen LogP contribution is -2.06. The lowest BCUT2D eigenvalue weighted by molar-refractivity contribution is 0.241. The van der Waals surface area contributed by atoms with Gasteiger partial charge < -0.3 is 9.26 Å². The fourth-order valence-electron chi connectivity index (χ4n) is 3.99. The fraction of sp³-hybridized carbons (Fsp3) is 0.300. The van der Waals surface area contributed by atoms with E-state index in [4.69, 9.17) is 9.26 Å². The van der Waals surface area contributed by atoms with Gasteiger partial charge in [-0.05, 0) is 93.6 Å². The lowest BCUT2D eigenvalue weighted by Gasteiger charge is -2.11. The molecule has 1 aliphatic rings. The zero-order valence-corrected chi connectivity index (χ0v) is 22.9. The van der Waals surface area contributed by atoms with Crippen LogP contribution in [-0.4, -0.2) is 23.3 Å². The SMILES string of the molecule is CC.CC(C)Oc1ccc(-c2nc(-c3cccc4c3CCC4)no2)cc1C#N.CNSc1ccccc1. The molecular weight excluding hydrogens is 480 g/mol. The zero-order valence-electron chi connectivity index (χ0n) is 22.1. The summed E-state index contributed by atoms with van der Waals surface area (Å²) in [6.45, 7) is 7.86. The molecule has 6 nitrogen and oxygen atoms in total. The van der Waals surface area contributed by atoms with E-state index >= 15 is 0 Å². The molecule has 37 heavy (non-hydrogen) atoms. The van der Waals surface area contributed by atoms with E-state index in [-0.39, 0.29) is 6.10 Å². The van der Waals surface area contributed by atoms with Crippen molar-refractivity contribution in [1.29, 1.82) is 5.26 Å². The van der Waals surface area contributed by atoms with E-state index < -0.39 is 0 Å². The van der Waals surface area contributed by atoms with Gasteiger partial charge in [-0.2, -0.15) is 10.2 Å². The van der Waals surface area contributed by atoms with Crippen molar-refractivity contribution in [2.24, 2.45) is 0 Å². The van der Waals surface area contributed by atoms with Gasteiger partial charge in [-0.15, -0.1) is 0 Å². The quantitative estimate of drug-likeness (QED) is 0.267. The molecule has 0 bridgehead atoms. The van der Waals surface area contributed by atoms with E-state index in [1.54, 1.807) is 24.1 Å². The van der Waals surface area contributed by atoms with Crippen molar-refractivity contribution < 1.29 is 9.26 Å². The summed E-state index contributed by atoms with van der Waals surface area (Å²) in [6, 6.07) is 24.0. The number of rotatable bonds is 6. The molecule has 0 saturated carbocycles. The number of nitrogens with one attached hydrogen (secondary N) is 1. The van der Waals surface area contributed by atoms with Gasteiger partial charge in [0.1, 0.15) is 11.8 Å². The van der Waals surface area contributed by atoms with E-state index in [0.717, 1.165) is 18.4 Å². The number of ether oxygens (including phenoxy) is 1. The van der Waals surface area contributed by atoms with E-state index in [2.05, 4.69) is 39.1 Å². The minimum Gasteiger partial charge on any atom is -0.490 e. The first-order valence-electron chi connectivity index (χ1n) is 12.6. The lowest BCUT2D eigenvalue weighted by atomic mass is 10.0. The van der Waals surface area contributed by atoms with Crippen molar-refractivity contribution in [3.05, 3.63) is 83.4 Å². The Bertz CT molecular complexity index is 1310. The zero-order chi connectivity index (χ0) is 26.6. The molecule has 0 aliphatic heterocycles. The molecule has 0 saturated heterocycles. The highest BCUT2D eigenvalue weighted by Crippen LogP contribution is 2.33. The van der Waals surface area contributed by atoms with E-state index in [1.807, 2.05) is 71.1 Å². The third kappa shape index (κ3) is 7.45. The Morgan fingerprint density at radius 2 is 1.81 bits per heavy atom. The van der Waals surface area contributed by atoms with Gasteiger partial charge in [0.05, 0.1) is 11.7 Å².